The third-order valence-corrected chi connectivity index (χ3v) is 0. The molecule has 0 bridgehead atoms. The third-order valence-electron chi connectivity index (χ3n) is 0. The van der Waals surface area contributed by atoms with E-state index in [1.165, 1.54) is 0 Å². The molecule has 0 aromatic carbocycles. The van der Waals surface area contributed by atoms with Crippen molar-refractivity contribution in [2.45, 2.75) is 0 Å². The molecule has 0 aliphatic carbocycles. The van der Waals surface area contributed by atoms with Crippen molar-refractivity contribution in [1.29, 1.82) is 0 Å². The second-order valence-electron chi connectivity index (χ2n) is 0. The van der Waals surface area contributed by atoms with Crippen LogP contribution in [0.15, 0.2) is 0 Å². The zero-order valence-electron chi connectivity index (χ0n) is 1.36. The maximum absolute atomic E-state index is 8.06. The van der Waals surface area contributed by atoms with Crippen molar-refractivity contribution in [3.05, 3.63) is 0 Å². The van der Waals surface area contributed by atoms with E-state index in [0.29, 0.717) is 0 Å². The van der Waals surface area contributed by atoms with Gasteiger partial charge in [0.15, 0.2) is 0 Å². The van der Waals surface area contributed by atoms with Crippen molar-refractivity contribution in [3.63, 3.8) is 0 Å². The van der Waals surface area contributed by atoms with Crippen LogP contribution in [0.1, 0.15) is 0 Å². The van der Waals surface area contributed by atoms with E-state index in [4.69, 9.17) is 3.83 Å². The van der Waals surface area contributed by atoms with E-state index in [-0.39, 0.29) is 119 Å². The molecule has 0 saturated carbocycles. The first kappa shape index (κ1) is 22.8. The van der Waals surface area contributed by atoms with Gasteiger partial charge in [0.2, 0.25) is 0 Å². The fraction of sp³-hybridized carbons (Fsp3) is 0. The van der Waals surface area contributed by atoms with E-state index < -0.39 is 0 Å². The van der Waals surface area contributed by atoms with Gasteiger partial charge in [-0.15, -0.1) is 0 Å². The molecule has 24 valence electrons. The molecule has 0 aliphatic heterocycles. The van der Waals surface area contributed by atoms with Crippen LogP contribution in [-0.2, 0) is 19.8 Å². The van der Waals surface area contributed by atoms with Gasteiger partial charge in [-0.2, -0.15) is 0 Å². The van der Waals surface area contributed by atoms with E-state index in [1.807, 2.05) is 0 Å². The molecule has 0 atom stereocenters. The van der Waals surface area contributed by atoms with Gasteiger partial charge in [-0.05, 0) is 0 Å². The first-order valence-corrected chi connectivity index (χ1v) is 0.636. The second-order valence-corrected chi connectivity index (χ2v) is 0. The first-order chi connectivity index (χ1) is 1.00. The molecule has 0 spiro atoms. The van der Waals surface area contributed by atoms with E-state index in [2.05, 4.69) is 0 Å². The van der Waals surface area contributed by atoms with Crippen molar-refractivity contribution < 1.29 is 55.4 Å². The van der Waals surface area contributed by atoms with Gasteiger partial charge in [0.25, 0.3) is 0 Å². The second kappa shape index (κ2) is 24.0. The van der Waals surface area contributed by atoms with Crippen LogP contribution in [0.3, 0.4) is 0 Å². The van der Waals surface area contributed by atoms with Gasteiger partial charge in [0.1, 0.15) is 0 Å². The molecule has 0 N–H and O–H groups in total. The van der Waals surface area contributed by atoms with Crippen LogP contribution in [0.5, 0.6) is 0 Å². The van der Waals surface area contributed by atoms with Gasteiger partial charge < -0.3 is 0 Å². The van der Waals surface area contributed by atoms with Crippen molar-refractivity contribution >= 4 is 83.2 Å². The Morgan fingerprint density at radius 2 is 1.20 bits per heavy atom. The third kappa shape index (κ3) is 17.8. The molecule has 0 aliphatic rings. The van der Waals surface area contributed by atoms with Crippen LogP contribution in [0, 0.1) is 35.6 Å². The monoisotopic (exact) mass is 342 g/mol. The summed E-state index contributed by atoms with van der Waals surface area (Å²) in [6.45, 7) is 0. The molecular weight excluding hydrogens is 338 g/mol. The summed E-state index contributed by atoms with van der Waals surface area (Å²) in [5.41, 5.74) is 0. The van der Waals surface area contributed by atoms with E-state index in [1.54, 1.807) is 15.9 Å². The molecule has 0 amide bonds. The summed E-state index contributed by atoms with van der Waals surface area (Å²) >= 11 is 1.69. The Morgan fingerprint density at radius 3 is 1.20 bits per heavy atom. The normalized spacial score (nSPS) is 0.800. The van der Waals surface area contributed by atoms with Gasteiger partial charge >= 0.3 is 103 Å². The molecule has 5 heavy (non-hydrogen) atoms. The molecular formula is H4CaLaMnOSr. The minimum atomic E-state index is 0. The fourth-order valence-electron chi connectivity index (χ4n) is 0. The number of rotatable bonds is 0. The SMILES string of the molecule is [CaH2].[La].[O]=[Mn].[SrH2]. The summed E-state index contributed by atoms with van der Waals surface area (Å²) < 4.78 is 8.06. The fourth-order valence-corrected chi connectivity index (χ4v) is 0. The quantitative estimate of drug-likeness (QED) is 0.468. The van der Waals surface area contributed by atoms with E-state index >= 15 is 0 Å². The maximum atomic E-state index is 8.06. The molecule has 0 rings (SSSR count). The zero-order valence-corrected chi connectivity index (χ0v) is 6.17. The average Bonchev–Trinajstić information content (AvgIpc) is 1.00. The molecule has 5 heteroatoms. The molecule has 0 heterocycles. The van der Waals surface area contributed by atoms with Crippen LogP contribution in [0.4, 0.5) is 0 Å². The van der Waals surface area contributed by atoms with Crippen molar-refractivity contribution in [1.82, 2.24) is 0 Å². The predicted molar refractivity (Wildman–Crippen MR) is 17.8 cm³/mol. The Labute approximate surface area is 134 Å². The Kier molecular flexibility index (Phi) is 110. The molecule has 1 radical (unpaired) electrons. The van der Waals surface area contributed by atoms with Gasteiger partial charge in [0, 0.05) is 35.6 Å². The summed E-state index contributed by atoms with van der Waals surface area (Å²) in [5, 5.41) is 0. The van der Waals surface area contributed by atoms with Gasteiger partial charge in [-0.3, -0.25) is 0 Å². The van der Waals surface area contributed by atoms with Crippen molar-refractivity contribution in [2.75, 3.05) is 0 Å². The number of hydrogen-bond donors (Lipinski definition) is 0. The van der Waals surface area contributed by atoms with E-state index in [0.717, 1.165) is 0 Å². The van der Waals surface area contributed by atoms with Gasteiger partial charge in [0.05, 0.1) is 0 Å². The zero-order chi connectivity index (χ0) is 2.00. The number of hydrogen-bond acceptors (Lipinski definition) is 1. The Bertz CT molecular complexity index is 11.6. The van der Waals surface area contributed by atoms with Crippen molar-refractivity contribution in [3.8, 4) is 0 Å². The topological polar surface area (TPSA) is 17.1 Å². The average molecular weight is 342 g/mol. The Hall–Kier alpha value is 4.25. The van der Waals surface area contributed by atoms with Crippen molar-refractivity contribution in [2.24, 2.45) is 0 Å². The summed E-state index contributed by atoms with van der Waals surface area (Å²) in [7, 11) is 0. The minimum absolute atomic E-state index is 0. The van der Waals surface area contributed by atoms with E-state index in [9.17, 15) is 0 Å². The standard InChI is InChI=1S/Ca.La.Mn.O.Sr.4H. The predicted octanol–water partition coefficient (Wildman–Crippen LogP) is -1.95. The van der Waals surface area contributed by atoms with Gasteiger partial charge in [-0.1, -0.05) is 0 Å². The summed E-state index contributed by atoms with van der Waals surface area (Å²) in [6.07, 6.45) is 0. The van der Waals surface area contributed by atoms with Gasteiger partial charge in [-0.25, -0.2) is 0 Å². The summed E-state index contributed by atoms with van der Waals surface area (Å²) in [5.74, 6) is 0. The summed E-state index contributed by atoms with van der Waals surface area (Å²) in [6, 6.07) is 0. The van der Waals surface area contributed by atoms with Crippen LogP contribution in [0.25, 0.3) is 0 Å². The van der Waals surface area contributed by atoms with Crippen LogP contribution in [0.2, 0.25) is 0 Å². The molecule has 0 unspecified atom stereocenters. The van der Waals surface area contributed by atoms with Crippen LogP contribution < -0.4 is 0 Å². The summed E-state index contributed by atoms with van der Waals surface area (Å²) in [4.78, 5) is 0. The molecule has 1 nitrogen and oxygen atoms in total. The molecule has 0 aromatic rings. The Morgan fingerprint density at radius 1 is 1.20 bits per heavy atom. The molecule has 0 saturated heterocycles. The van der Waals surface area contributed by atoms with Crippen LogP contribution >= 0.6 is 0 Å². The Balaban J connectivity index is -0.00000000167. The molecule has 0 aromatic heterocycles. The van der Waals surface area contributed by atoms with Crippen LogP contribution in [-0.4, -0.2) is 83.2 Å². The first-order valence-electron chi connectivity index (χ1n) is 0.154. The molecule has 0 fully saturated rings.